The fourth-order valence-electron chi connectivity index (χ4n) is 2.89. The molecule has 0 aliphatic carbocycles. The lowest BCUT2D eigenvalue weighted by Gasteiger charge is -2.20. The maximum atomic E-state index is 13.0. The average molecular weight is 452 g/mol. The first kappa shape index (κ1) is 21.7. The number of carbonyl (C=O) groups excluding carboxylic acids is 1. The molecule has 0 spiro atoms. The molecule has 0 unspecified atom stereocenters. The largest absolute Gasteiger partial charge is 0.325 e. The number of fused-ring (bicyclic) bond motifs is 1. The molecule has 3 rings (SSSR count). The van der Waals surface area contributed by atoms with Gasteiger partial charge in [0.25, 0.3) is 0 Å². The van der Waals surface area contributed by atoms with Gasteiger partial charge in [-0.2, -0.15) is 4.72 Å². The van der Waals surface area contributed by atoms with Gasteiger partial charge >= 0.3 is 0 Å². The van der Waals surface area contributed by atoms with Gasteiger partial charge in [-0.1, -0.05) is 25.4 Å². The molecule has 9 heteroatoms. The Kier molecular flexibility index (Phi) is 6.58. The summed E-state index contributed by atoms with van der Waals surface area (Å²) >= 11 is 7.30. The summed E-state index contributed by atoms with van der Waals surface area (Å²) in [5.41, 5.74) is 1.31. The van der Waals surface area contributed by atoms with Crippen molar-refractivity contribution in [3.05, 3.63) is 52.5 Å². The van der Waals surface area contributed by atoms with E-state index in [2.05, 4.69) is 15.0 Å². The monoisotopic (exact) mass is 451 g/mol. The molecular weight excluding hydrogens is 430 g/mol. The fraction of sp³-hybridized carbons (Fsp3) is 0.300. The van der Waals surface area contributed by atoms with E-state index >= 15 is 0 Å². The predicted molar refractivity (Wildman–Crippen MR) is 118 cm³/mol. The lowest BCUT2D eigenvalue weighted by Crippen LogP contribution is -2.44. The van der Waals surface area contributed by atoms with Crippen LogP contribution in [0.3, 0.4) is 0 Å². The van der Waals surface area contributed by atoms with Crippen molar-refractivity contribution in [1.29, 1.82) is 0 Å². The van der Waals surface area contributed by atoms with Gasteiger partial charge in [0.15, 0.2) is 0 Å². The third-order valence-corrected chi connectivity index (χ3v) is 6.86. The van der Waals surface area contributed by atoms with Crippen molar-refractivity contribution in [2.75, 3.05) is 5.32 Å². The van der Waals surface area contributed by atoms with Crippen LogP contribution in [0.2, 0.25) is 5.02 Å². The standard InChI is InChI=1S/C20H22ClN3O3S2/c1-12(2)10-18(20(25)23-15-6-4-14(21)5-7-15)24-29(26,27)16-8-9-17-19(11-16)28-13(3)22-17/h4-9,11-12,18,24H,10H2,1-3H3,(H,23,25)/t18-/m1/s1. The van der Waals surface area contributed by atoms with Crippen molar-refractivity contribution in [3.8, 4) is 0 Å². The number of carbonyl (C=O) groups is 1. The van der Waals surface area contributed by atoms with Gasteiger partial charge in [0.1, 0.15) is 6.04 Å². The first-order valence-electron chi connectivity index (χ1n) is 9.10. The predicted octanol–water partition coefficient (Wildman–Crippen LogP) is 4.59. The van der Waals surface area contributed by atoms with E-state index in [-0.39, 0.29) is 10.8 Å². The Bertz CT molecular complexity index is 1130. The lowest BCUT2D eigenvalue weighted by molar-refractivity contribution is -0.118. The topological polar surface area (TPSA) is 88.2 Å². The Labute approximate surface area is 179 Å². The summed E-state index contributed by atoms with van der Waals surface area (Å²) in [7, 11) is -3.88. The third-order valence-electron chi connectivity index (χ3n) is 4.21. The minimum atomic E-state index is -3.88. The Morgan fingerprint density at radius 1 is 1.17 bits per heavy atom. The van der Waals surface area contributed by atoms with Crippen molar-refractivity contribution in [2.24, 2.45) is 5.92 Å². The second-order valence-electron chi connectivity index (χ2n) is 7.16. The highest BCUT2D eigenvalue weighted by atomic mass is 35.5. The molecule has 2 N–H and O–H groups in total. The summed E-state index contributed by atoms with van der Waals surface area (Å²) in [5, 5.41) is 4.16. The minimum absolute atomic E-state index is 0.113. The molecule has 3 aromatic rings. The number of halogens is 1. The summed E-state index contributed by atoms with van der Waals surface area (Å²) in [6, 6.07) is 10.5. The van der Waals surface area contributed by atoms with E-state index in [1.54, 1.807) is 36.4 Å². The average Bonchev–Trinajstić information content (AvgIpc) is 3.01. The second kappa shape index (κ2) is 8.79. The first-order valence-corrected chi connectivity index (χ1v) is 11.8. The highest BCUT2D eigenvalue weighted by Gasteiger charge is 2.27. The molecule has 0 radical (unpaired) electrons. The van der Waals surface area contributed by atoms with E-state index in [0.717, 1.165) is 15.2 Å². The van der Waals surface area contributed by atoms with Crippen LogP contribution < -0.4 is 10.0 Å². The van der Waals surface area contributed by atoms with Crippen LogP contribution in [-0.4, -0.2) is 25.4 Å². The van der Waals surface area contributed by atoms with Crippen molar-refractivity contribution in [2.45, 2.75) is 38.1 Å². The number of rotatable bonds is 7. The van der Waals surface area contributed by atoms with Crippen LogP contribution in [0.1, 0.15) is 25.3 Å². The van der Waals surface area contributed by atoms with E-state index in [1.165, 1.54) is 17.4 Å². The molecule has 0 aliphatic rings. The molecule has 2 aromatic carbocycles. The number of amides is 1. The van der Waals surface area contributed by atoms with Gasteiger partial charge in [0.2, 0.25) is 15.9 Å². The number of aryl methyl sites for hydroxylation is 1. The SMILES string of the molecule is Cc1nc2ccc(S(=O)(=O)N[C@H](CC(C)C)C(=O)Nc3ccc(Cl)cc3)cc2s1. The molecular formula is C20H22ClN3O3S2. The van der Waals surface area contributed by atoms with E-state index in [0.29, 0.717) is 17.1 Å². The molecule has 1 aromatic heterocycles. The van der Waals surface area contributed by atoms with Crippen LogP contribution in [0, 0.1) is 12.8 Å². The van der Waals surface area contributed by atoms with Gasteiger partial charge in [0, 0.05) is 10.7 Å². The molecule has 1 heterocycles. The summed E-state index contributed by atoms with van der Waals surface area (Å²) in [4.78, 5) is 17.2. The molecule has 0 saturated carbocycles. The number of nitrogens with one attached hydrogen (secondary N) is 2. The Morgan fingerprint density at radius 3 is 2.52 bits per heavy atom. The number of hydrogen-bond acceptors (Lipinski definition) is 5. The normalized spacial score (nSPS) is 13.0. The molecule has 0 bridgehead atoms. The number of nitrogens with zero attached hydrogens (tertiary/aromatic N) is 1. The Balaban J connectivity index is 1.83. The number of thiazole rings is 1. The summed E-state index contributed by atoms with van der Waals surface area (Å²) in [6.45, 7) is 5.74. The lowest BCUT2D eigenvalue weighted by atomic mass is 10.0. The zero-order chi connectivity index (χ0) is 21.2. The van der Waals surface area contributed by atoms with Gasteiger partial charge in [0.05, 0.1) is 20.1 Å². The van der Waals surface area contributed by atoms with Crippen LogP contribution in [-0.2, 0) is 14.8 Å². The van der Waals surface area contributed by atoms with Crippen LogP contribution in [0.4, 0.5) is 5.69 Å². The van der Waals surface area contributed by atoms with Gasteiger partial charge in [-0.15, -0.1) is 11.3 Å². The van der Waals surface area contributed by atoms with Crippen LogP contribution in [0.25, 0.3) is 10.2 Å². The fourth-order valence-corrected chi connectivity index (χ4v) is 5.19. The van der Waals surface area contributed by atoms with E-state index in [9.17, 15) is 13.2 Å². The third kappa shape index (κ3) is 5.54. The molecule has 29 heavy (non-hydrogen) atoms. The van der Waals surface area contributed by atoms with Gasteiger partial charge in [-0.25, -0.2) is 13.4 Å². The summed E-state index contributed by atoms with van der Waals surface area (Å²) in [6.07, 6.45) is 0.362. The second-order valence-corrected chi connectivity index (χ2v) is 10.5. The van der Waals surface area contributed by atoms with Gasteiger partial charge in [-0.05, 0) is 61.7 Å². The van der Waals surface area contributed by atoms with Gasteiger partial charge < -0.3 is 5.32 Å². The Morgan fingerprint density at radius 2 is 1.86 bits per heavy atom. The first-order chi connectivity index (χ1) is 13.6. The number of benzene rings is 2. The highest BCUT2D eigenvalue weighted by Crippen LogP contribution is 2.25. The van der Waals surface area contributed by atoms with Crippen molar-refractivity contribution in [1.82, 2.24) is 9.71 Å². The minimum Gasteiger partial charge on any atom is -0.325 e. The highest BCUT2D eigenvalue weighted by molar-refractivity contribution is 7.89. The number of sulfonamides is 1. The smallest absolute Gasteiger partial charge is 0.242 e. The molecule has 0 saturated heterocycles. The quantitative estimate of drug-likeness (QED) is 0.549. The maximum Gasteiger partial charge on any atom is 0.242 e. The van der Waals surface area contributed by atoms with E-state index < -0.39 is 22.0 Å². The van der Waals surface area contributed by atoms with Gasteiger partial charge in [-0.3, -0.25) is 4.79 Å². The van der Waals surface area contributed by atoms with Crippen molar-refractivity contribution >= 4 is 54.8 Å². The van der Waals surface area contributed by atoms with Crippen LogP contribution >= 0.6 is 22.9 Å². The Hall–Kier alpha value is -2.00. The van der Waals surface area contributed by atoms with Crippen molar-refractivity contribution in [3.63, 3.8) is 0 Å². The molecule has 0 fully saturated rings. The molecule has 6 nitrogen and oxygen atoms in total. The number of aromatic nitrogens is 1. The number of hydrogen-bond donors (Lipinski definition) is 2. The maximum absolute atomic E-state index is 13.0. The summed E-state index contributed by atoms with van der Waals surface area (Å²) in [5.74, 6) is -0.301. The number of anilines is 1. The zero-order valence-electron chi connectivity index (χ0n) is 16.3. The van der Waals surface area contributed by atoms with E-state index in [4.69, 9.17) is 11.6 Å². The van der Waals surface area contributed by atoms with Crippen LogP contribution in [0.5, 0.6) is 0 Å². The van der Waals surface area contributed by atoms with Crippen LogP contribution in [0.15, 0.2) is 47.4 Å². The molecule has 1 amide bonds. The molecule has 154 valence electrons. The molecule has 0 aliphatic heterocycles. The zero-order valence-corrected chi connectivity index (χ0v) is 18.7. The van der Waals surface area contributed by atoms with Crippen molar-refractivity contribution < 1.29 is 13.2 Å². The summed E-state index contributed by atoms with van der Waals surface area (Å²) < 4.78 is 29.3. The van der Waals surface area contributed by atoms with E-state index in [1.807, 2.05) is 20.8 Å². The molecule has 1 atom stereocenters.